The lowest BCUT2D eigenvalue weighted by molar-refractivity contribution is 0.226. The molecule has 2 amide bonds. The summed E-state index contributed by atoms with van der Waals surface area (Å²) in [6.45, 7) is 4.93. The monoisotopic (exact) mass is 316 g/mol. The van der Waals surface area contributed by atoms with Crippen LogP contribution in [0, 0.1) is 6.92 Å². The number of nitrogens with one attached hydrogen (secondary N) is 2. The first-order valence-electron chi connectivity index (χ1n) is 7.74. The van der Waals surface area contributed by atoms with Crippen molar-refractivity contribution >= 4 is 6.03 Å². The topological polar surface area (TPSA) is 68.2 Å². The molecule has 2 N–H and O–H groups in total. The van der Waals surface area contributed by atoms with Crippen molar-refractivity contribution in [3.05, 3.63) is 47.8 Å². The Morgan fingerprint density at radius 2 is 2.26 bits per heavy atom. The summed E-state index contributed by atoms with van der Waals surface area (Å²) in [5, 5.41) is 9.79. The number of amides is 2. The fourth-order valence-corrected chi connectivity index (χ4v) is 2.16. The van der Waals surface area contributed by atoms with Crippen molar-refractivity contribution in [2.45, 2.75) is 26.3 Å². The van der Waals surface area contributed by atoms with Gasteiger partial charge in [0.2, 0.25) is 0 Å². The molecule has 0 aliphatic heterocycles. The van der Waals surface area contributed by atoms with Gasteiger partial charge in [-0.25, -0.2) is 4.79 Å². The molecule has 0 aliphatic rings. The Morgan fingerprint density at radius 1 is 1.43 bits per heavy atom. The maximum Gasteiger partial charge on any atom is 0.315 e. The number of carbonyl (C=O) groups excluding carboxylic acids is 1. The summed E-state index contributed by atoms with van der Waals surface area (Å²) in [6, 6.07) is 7.59. The van der Waals surface area contributed by atoms with Gasteiger partial charge in [-0.05, 0) is 43.5 Å². The van der Waals surface area contributed by atoms with Gasteiger partial charge in [-0.15, -0.1) is 0 Å². The summed E-state index contributed by atoms with van der Waals surface area (Å²) < 4.78 is 7.42. The van der Waals surface area contributed by atoms with E-state index in [9.17, 15) is 4.79 Å². The van der Waals surface area contributed by atoms with Gasteiger partial charge < -0.3 is 15.4 Å². The fraction of sp³-hybridized carbons (Fsp3) is 0.412. The van der Waals surface area contributed by atoms with E-state index in [4.69, 9.17) is 4.74 Å². The number of aryl methyl sites for hydroxylation is 2. The summed E-state index contributed by atoms with van der Waals surface area (Å²) >= 11 is 0. The van der Waals surface area contributed by atoms with E-state index in [0.717, 1.165) is 23.3 Å². The zero-order chi connectivity index (χ0) is 16.7. The minimum absolute atomic E-state index is 0.0751. The van der Waals surface area contributed by atoms with Crippen LogP contribution in [0.4, 0.5) is 4.79 Å². The number of benzene rings is 1. The van der Waals surface area contributed by atoms with Crippen molar-refractivity contribution in [1.29, 1.82) is 0 Å². The molecule has 0 aliphatic carbocycles. The maximum absolute atomic E-state index is 11.8. The van der Waals surface area contributed by atoms with Gasteiger partial charge >= 0.3 is 6.03 Å². The van der Waals surface area contributed by atoms with E-state index in [-0.39, 0.29) is 12.1 Å². The van der Waals surface area contributed by atoms with Gasteiger partial charge in [0.05, 0.1) is 12.2 Å². The van der Waals surface area contributed by atoms with Gasteiger partial charge in [0.15, 0.2) is 0 Å². The third kappa shape index (κ3) is 6.02. The van der Waals surface area contributed by atoms with Crippen LogP contribution >= 0.6 is 0 Å². The van der Waals surface area contributed by atoms with Gasteiger partial charge in [0, 0.05) is 19.8 Å². The van der Waals surface area contributed by atoms with Crippen LogP contribution in [0.5, 0.6) is 5.75 Å². The molecule has 6 heteroatoms. The minimum atomic E-state index is -0.186. The molecule has 0 bridgehead atoms. The average Bonchev–Trinajstić information content (AvgIpc) is 2.91. The predicted molar refractivity (Wildman–Crippen MR) is 89.6 cm³/mol. The maximum atomic E-state index is 11.8. The molecule has 0 radical (unpaired) electrons. The molecular weight excluding hydrogens is 292 g/mol. The van der Waals surface area contributed by atoms with Crippen LogP contribution in [0.25, 0.3) is 0 Å². The van der Waals surface area contributed by atoms with E-state index >= 15 is 0 Å². The standard InChI is InChI=1S/C17H24N4O2/c1-13-5-4-6-16(9-13)23-12-14(2)20-17(22)18-8-7-15-10-19-21(3)11-15/h4-6,9-11,14H,7-8,12H2,1-3H3,(H2,18,20,22)/t14-/m1/s1. The van der Waals surface area contributed by atoms with Gasteiger partial charge in [0.1, 0.15) is 12.4 Å². The molecule has 0 unspecified atom stereocenters. The fourth-order valence-electron chi connectivity index (χ4n) is 2.16. The van der Waals surface area contributed by atoms with Crippen LogP contribution in [-0.2, 0) is 13.5 Å². The van der Waals surface area contributed by atoms with Crippen LogP contribution in [0.1, 0.15) is 18.1 Å². The van der Waals surface area contributed by atoms with E-state index in [2.05, 4.69) is 15.7 Å². The smallest absolute Gasteiger partial charge is 0.315 e. The van der Waals surface area contributed by atoms with E-state index < -0.39 is 0 Å². The zero-order valence-electron chi connectivity index (χ0n) is 13.9. The van der Waals surface area contributed by atoms with Gasteiger partial charge in [-0.3, -0.25) is 4.68 Å². The summed E-state index contributed by atoms with van der Waals surface area (Å²) in [5.41, 5.74) is 2.25. The summed E-state index contributed by atoms with van der Waals surface area (Å²) in [6.07, 6.45) is 4.51. The molecule has 2 aromatic rings. The highest BCUT2D eigenvalue weighted by atomic mass is 16.5. The summed E-state index contributed by atoms with van der Waals surface area (Å²) in [4.78, 5) is 11.8. The van der Waals surface area contributed by atoms with Crippen LogP contribution in [0.15, 0.2) is 36.7 Å². The van der Waals surface area contributed by atoms with Crippen LogP contribution in [0.3, 0.4) is 0 Å². The Kier molecular flexibility index (Phi) is 6.02. The highest BCUT2D eigenvalue weighted by molar-refractivity contribution is 5.74. The number of urea groups is 1. The molecular formula is C17H24N4O2. The molecule has 0 saturated carbocycles. The van der Waals surface area contributed by atoms with Crippen LogP contribution in [-0.4, -0.2) is 35.0 Å². The number of hydrogen-bond donors (Lipinski definition) is 2. The average molecular weight is 316 g/mol. The Morgan fingerprint density at radius 3 is 2.96 bits per heavy atom. The lowest BCUT2D eigenvalue weighted by Gasteiger charge is -2.15. The first kappa shape index (κ1) is 16.9. The van der Waals surface area contributed by atoms with Gasteiger partial charge in [0.25, 0.3) is 0 Å². The zero-order valence-corrected chi connectivity index (χ0v) is 13.9. The highest BCUT2D eigenvalue weighted by Crippen LogP contribution is 2.12. The molecule has 0 spiro atoms. The van der Waals surface area contributed by atoms with Crippen molar-refractivity contribution in [1.82, 2.24) is 20.4 Å². The predicted octanol–water partition coefficient (Wildman–Crippen LogP) is 2.04. The molecule has 1 aromatic heterocycles. The Hall–Kier alpha value is -2.50. The molecule has 1 aromatic carbocycles. The Bertz CT molecular complexity index is 639. The molecule has 2 rings (SSSR count). The van der Waals surface area contributed by atoms with E-state index in [1.54, 1.807) is 10.9 Å². The van der Waals surface area contributed by atoms with Crippen molar-refractivity contribution in [2.24, 2.45) is 7.05 Å². The van der Waals surface area contributed by atoms with E-state index in [1.165, 1.54) is 0 Å². The second-order valence-electron chi connectivity index (χ2n) is 5.70. The van der Waals surface area contributed by atoms with E-state index in [0.29, 0.717) is 13.2 Å². The lowest BCUT2D eigenvalue weighted by Crippen LogP contribution is -2.43. The van der Waals surface area contributed by atoms with Crippen molar-refractivity contribution in [3.8, 4) is 5.75 Å². The number of carbonyl (C=O) groups is 1. The van der Waals surface area contributed by atoms with Crippen LogP contribution < -0.4 is 15.4 Å². The minimum Gasteiger partial charge on any atom is -0.491 e. The van der Waals surface area contributed by atoms with Crippen LogP contribution in [0.2, 0.25) is 0 Å². The second-order valence-corrected chi connectivity index (χ2v) is 5.70. The first-order chi connectivity index (χ1) is 11.0. The number of rotatable bonds is 7. The summed E-state index contributed by atoms with van der Waals surface area (Å²) in [5.74, 6) is 0.815. The SMILES string of the molecule is Cc1cccc(OC[C@@H](C)NC(=O)NCCc2cnn(C)c2)c1. The Labute approximate surface area is 136 Å². The molecule has 0 fully saturated rings. The number of ether oxygens (including phenoxy) is 1. The number of aromatic nitrogens is 2. The summed E-state index contributed by atoms with van der Waals surface area (Å²) in [7, 11) is 1.87. The molecule has 6 nitrogen and oxygen atoms in total. The molecule has 1 heterocycles. The van der Waals surface area contributed by atoms with Gasteiger partial charge in [-0.2, -0.15) is 5.10 Å². The highest BCUT2D eigenvalue weighted by Gasteiger charge is 2.08. The van der Waals surface area contributed by atoms with E-state index in [1.807, 2.05) is 51.4 Å². The number of hydrogen-bond acceptors (Lipinski definition) is 3. The van der Waals surface area contributed by atoms with Crippen molar-refractivity contribution < 1.29 is 9.53 Å². The van der Waals surface area contributed by atoms with Crippen molar-refractivity contribution in [3.63, 3.8) is 0 Å². The quantitative estimate of drug-likeness (QED) is 0.821. The third-order valence-corrected chi connectivity index (χ3v) is 3.32. The first-order valence-corrected chi connectivity index (χ1v) is 7.74. The second kappa shape index (κ2) is 8.22. The lowest BCUT2D eigenvalue weighted by atomic mass is 10.2. The molecule has 1 atom stereocenters. The normalized spacial score (nSPS) is 11.8. The molecule has 23 heavy (non-hydrogen) atoms. The number of nitrogens with zero attached hydrogens (tertiary/aromatic N) is 2. The Balaban J connectivity index is 1.64. The van der Waals surface area contributed by atoms with Crippen molar-refractivity contribution in [2.75, 3.05) is 13.2 Å². The van der Waals surface area contributed by atoms with Gasteiger partial charge in [-0.1, -0.05) is 12.1 Å². The molecule has 0 saturated heterocycles. The third-order valence-electron chi connectivity index (χ3n) is 3.32. The largest absolute Gasteiger partial charge is 0.491 e. The molecule has 124 valence electrons.